The zero-order valence-electron chi connectivity index (χ0n) is 5.07. The molecule has 42 valence electrons. The lowest BCUT2D eigenvalue weighted by Gasteiger charge is -1.96. The summed E-state index contributed by atoms with van der Waals surface area (Å²) in [7, 11) is 0. The van der Waals surface area contributed by atoms with E-state index in [4.69, 9.17) is 0 Å². The van der Waals surface area contributed by atoms with Gasteiger partial charge in [-0.25, -0.2) is 0 Å². The van der Waals surface area contributed by atoms with Gasteiger partial charge >= 0.3 is 0 Å². The average molecular weight is 99.2 g/mol. The van der Waals surface area contributed by atoms with Crippen molar-refractivity contribution in [1.29, 1.82) is 0 Å². The predicted octanol–water partition coefficient (Wildman–Crippen LogP) is 1.00. The molecule has 7 heavy (non-hydrogen) atoms. The van der Waals surface area contributed by atoms with Crippen LogP contribution in [0.3, 0.4) is 0 Å². The maximum absolute atomic E-state index is 3.37. The van der Waals surface area contributed by atoms with Gasteiger partial charge in [-0.15, -0.1) is 0 Å². The summed E-state index contributed by atoms with van der Waals surface area (Å²) in [4.78, 5) is 0. The van der Waals surface area contributed by atoms with Crippen molar-refractivity contribution < 1.29 is 0 Å². The number of nitrogens with one attached hydrogen (secondary N) is 1. The van der Waals surface area contributed by atoms with Gasteiger partial charge in [0.05, 0.1) is 0 Å². The summed E-state index contributed by atoms with van der Waals surface area (Å²) in [5, 5.41) is 3.37. The van der Waals surface area contributed by atoms with Crippen molar-refractivity contribution >= 4 is 0 Å². The van der Waals surface area contributed by atoms with Crippen molar-refractivity contribution in [3.63, 3.8) is 0 Å². The number of hydrogen-bond donors (Lipinski definition) is 1. The Labute approximate surface area is 45.1 Å². The Morgan fingerprint density at radius 2 is 2.14 bits per heavy atom. The van der Waals surface area contributed by atoms with Gasteiger partial charge in [-0.2, -0.15) is 0 Å². The Bertz CT molecular complexity index is 53.2. The third-order valence-corrected chi connectivity index (χ3v) is 1.57. The molecule has 1 saturated heterocycles. The molecule has 0 aromatic carbocycles. The van der Waals surface area contributed by atoms with E-state index in [1.807, 2.05) is 0 Å². The van der Waals surface area contributed by atoms with Crippen LogP contribution in [0, 0.1) is 5.92 Å². The van der Waals surface area contributed by atoms with E-state index in [0.29, 0.717) is 0 Å². The summed E-state index contributed by atoms with van der Waals surface area (Å²) < 4.78 is 0. The molecule has 1 rings (SSSR count). The first-order valence-electron chi connectivity index (χ1n) is 3.02. The molecule has 0 radical (unpaired) electrons. The third kappa shape index (κ3) is 1.16. The summed E-state index contributed by atoms with van der Waals surface area (Å²) >= 11 is 0. The highest BCUT2D eigenvalue weighted by molar-refractivity contribution is 4.74. The molecule has 2 atom stereocenters. The van der Waals surface area contributed by atoms with Crippen LogP contribution in [0.4, 0.5) is 0 Å². The molecule has 0 bridgehead atoms. The molecule has 0 amide bonds. The Kier molecular flexibility index (Phi) is 1.33. The minimum absolute atomic E-state index is 0.773. The number of rotatable bonds is 0. The Morgan fingerprint density at radius 1 is 1.43 bits per heavy atom. The summed E-state index contributed by atoms with van der Waals surface area (Å²) in [5.41, 5.74) is 0. The quantitative estimate of drug-likeness (QED) is 0.478. The fourth-order valence-electron chi connectivity index (χ4n) is 1.17. The Hall–Kier alpha value is -0.0400. The lowest BCUT2D eigenvalue weighted by molar-refractivity contribution is 0.622. The second-order valence-corrected chi connectivity index (χ2v) is 2.65. The molecule has 1 nitrogen and oxygen atoms in total. The molecule has 1 aliphatic rings. The first kappa shape index (κ1) is 5.10. The molecule has 1 fully saturated rings. The van der Waals surface area contributed by atoms with E-state index >= 15 is 0 Å². The van der Waals surface area contributed by atoms with Gasteiger partial charge < -0.3 is 5.32 Å². The smallest absolute Gasteiger partial charge is 0.00418 e. The lowest BCUT2D eigenvalue weighted by Crippen LogP contribution is -2.16. The lowest BCUT2D eigenvalue weighted by atomic mass is 10.1. The maximum atomic E-state index is 3.37. The van der Waals surface area contributed by atoms with Gasteiger partial charge in [-0.3, -0.25) is 0 Å². The highest BCUT2D eigenvalue weighted by Gasteiger charge is 2.14. The van der Waals surface area contributed by atoms with Crippen LogP contribution in [0.25, 0.3) is 0 Å². The van der Waals surface area contributed by atoms with Crippen LogP contribution < -0.4 is 5.32 Å². The molecule has 0 saturated carbocycles. The zero-order valence-corrected chi connectivity index (χ0v) is 5.07. The van der Waals surface area contributed by atoms with Gasteiger partial charge in [0.2, 0.25) is 0 Å². The highest BCUT2D eigenvalue weighted by Crippen LogP contribution is 2.10. The van der Waals surface area contributed by atoms with E-state index in [1.165, 1.54) is 13.0 Å². The van der Waals surface area contributed by atoms with Crippen LogP contribution >= 0.6 is 0 Å². The van der Waals surface area contributed by atoms with Crippen LogP contribution in [-0.4, -0.2) is 12.6 Å². The summed E-state index contributed by atoms with van der Waals surface area (Å²) in [6.07, 6.45) is 1.36. The van der Waals surface area contributed by atoms with E-state index in [0.717, 1.165) is 12.0 Å². The molecule has 0 aliphatic carbocycles. The second kappa shape index (κ2) is 1.83. The monoisotopic (exact) mass is 99.1 g/mol. The van der Waals surface area contributed by atoms with Gasteiger partial charge in [0.25, 0.3) is 0 Å². The first-order chi connectivity index (χ1) is 3.29. The minimum Gasteiger partial charge on any atom is -0.314 e. The summed E-state index contributed by atoms with van der Waals surface area (Å²) in [6.45, 7) is 5.75. The number of hydrogen-bond acceptors (Lipinski definition) is 1. The largest absolute Gasteiger partial charge is 0.314 e. The van der Waals surface area contributed by atoms with E-state index in [1.54, 1.807) is 0 Å². The van der Waals surface area contributed by atoms with Gasteiger partial charge in [0.1, 0.15) is 0 Å². The SMILES string of the molecule is CC1C[C@H](C)CN1. The molecule has 1 heterocycles. The molecule has 1 unspecified atom stereocenters. The molecule has 0 spiro atoms. The standard InChI is InChI=1S/C6H13N/c1-5-3-6(2)7-4-5/h5-7H,3-4H2,1-2H3/t5-,6?/m0/s1. The highest BCUT2D eigenvalue weighted by atomic mass is 14.9. The molecule has 0 aromatic rings. The molecule has 1 N–H and O–H groups in total. The van der Waals surface area contributed by atoms with E-state index in [2.05, 4.69) is 19.2 Å². The van der Waals surface area contributed by atoms with Crippen LogP contribution in [0.15, 0.2) is 0 Å². The fraction of sp³-hybridized carbons (Fsp3) is 1.00. The van der Waals surface area contributed by atoms with Crippen molar-refractivity contribution in [3.05, 3.63) is 0 Å². The van der Waals surface area contributed by atoms with Gasteiger partial charge in [0.15, 0.2) is 0 Å². The fourth-order valence-corrected chi connectivity index (χ4v) is 1.17. The first-order valence-corrected chi connectivity index (χ1v) is 3.02. The second-order valence-electron chi connectivity index (χ2n) is 2.65. The van der Waals surface area contributed by atoms with Crippen molar-refractivity contribution in [2.45, 2.75) is 26.3 Å². The van der Waals surface area contributed by atoms with E-state index < -0.39 is 0 Å². The molecule has 1 aliphatic heterocycles. The Morgan fingerprint density at radius 3 is 2.29 bits per heavy atom. The van der Waals surface area contributed by atoms with Crippen molar-refractivity contribution in [1.82, 2.24) is 5.32 Å². The van der Waals surface area contributed by atoms with Gasteiger partial charge in [0, 0.05) is 6.04 Å². The molecule has 0 aromatic heterocycles. The predicted molar refractivity (Wildman–Crippen MR) is 31.2 cm³/mol. The van der Waals surface area contributed by atoms with Crippen LogP contribution in [0.1, 0.15) is 20.3 Å². The summed E-state index contributed by atoms with van der Waals surface area (Å²) in [6, 6.07) is 0.773. The van der Waals surface area contributed by atoms with Gasteiger partial charge in [-0.1, -0.05) is 6.92 Å². The van der Waals surface area contributed by atoms with Crippen LogP contribution in [0.5, 0.6) is 0 Å². The van der Waals surface area contributed by atoms with Crippen molar-refractivity contribution in [2.75, 3.05) is 6.54 Å². The van der Waals surface area contributed by atoms with E-state index in [9.17, 15) is 0 Å². The van der Waals surface area contributed by atoms with E-state index in [-0.39, 0.29) is 0 Å². The van der Waals surface area contributed by atoms with Crippen molar-refractivity contribution in [3.8, 4) is 0 Å². The third-order valence-electron chi connectivity index (χ3n) is 1.57. The van der Waals surface area contributed by atoms with Crippen molar-refractivity contribution in [2.24, 2.45) is 5.92 Å². The molecular formula is C6H13N. The summed E-state index contributed by atoms with van der Waals surface area (Å²) in [5.74, 6) is 0.912. The Balaban J connectivity index is 2.26. The molecular weight excluding hydrogens is 86.1 g/mol. The normalized spacial score (nSPS) is 42.0. The zero-order chi connectivity index (χ0) is 5.28. The van der Waals surface area contributed by atoms with Crippen LogP contribution in [-0.2, 0) is 0 Å². The molecule has 1 heteroatoms. The average Bonchev–Trinajstić information content (AvgIpc) is 1.87. The van der Waals surface area contributed by atoms with Crippen LogP contribution in [0.2, 0.25) is 0 Å². The maximum Gasteiger partial charge on any atom is 0.00418 e. The minimum atomic E-state index is 0.773. The van der Waals surface area contributed by atoms with Gasteiger partial charge in [-0.05, 0) is 25.8 Å². The topological polar surface area (TPSA) is 12.0 Å².